The number of amides is 4. The van der Waals surface area contributed by atoms with Gasteiger partial charge in [-0.05, 0) is 18.1 Å². The smallest absolute Gasteiger partial charge is 0.326 e. The van der Waals surface area contributed by atoms with Crippen molar-refractivity contribution in [3.05, 3.63) is 36.0 Å². The summed E-state index contributed by atoms with van der Waals surface area (Å²) in [6.07, 6.45) is -0.0447. The Labute approximate surface area is 222 Å². The molecule has 0 radical (unpaired) electrons. The van der Waals surface area contributed by atoms with E-state index in [1.54, 1.807) is 30.5 Å². The average Bonchev–Trinajstić information content (AvgIpc) is 3.27. The number of thiol groups is 1. The molecule has 14 nitrogen and oxygen atoms in total. The molecule has 4 atom stereocenters. The summed E-state index contributed by atoms with van der Waals surface area (Å²) in [5.41, 5.74) is 12.2. The second-order valence-corrected chi connectivity index (χ2v) is 8.84. The Morgan fingerprint density at radius 2 is 1.53 bits per heavy atom. The van der Waals surface area contributed by atoms with E-state index in [2.05, 4.69) is 33.6 Å². The number of carbonyl (C=O) groups is 6. The van der Waals surface area contributed by atoms with E-state index in [1.165, 1.54) is 0 Å². The Morgan fingerprint density at radius 3 is 2.13 bits per heavy atom. The van der Waals surface area contributed by atoms with Crippen LogP contribution < -0.4 is 27.4 Å². The van der Waals surface area contributed by atoms with Crippen LogP contribution in [-0.2, 0) is 35.2 Å². The highest BCUT2D eigenvalue weighted by Crippen LogP contribution is 2.19. The lowest BCUT2D eigenvalue weighted by atomic mass is 10.0. The summed E-state index contributed by atoms with van der Waals surface area (Å²) in [6.45, 7) is 0. The predicted molar refractivity (Wildman–Crippen MR) is 138 cm³/mol. The zero-order chi connectivity index (χ0) is 28.4. The van der Waals surface area contributed by atoms with Gasteiger partial charge < -0.3 is 42.6 Å². The molecule has 1 aromatic carbocycles. The molecule has 0 aliphatic heterocycles. The molecule has 4 amide bonds. The number of hydrogen-bond donors (Lipinski definition) is 9. The topological polar surface area (TPSA) is 247 Å². The number of aromatic nitrogens is 1. The number of rotatable bonds is 15. The lowest BCUT2D eigenvalue weighted by Gasteiger charge is -2.24. The van der Waals surface area contributed by atoms with Crippen molar-refractivity contribution in [2.24, 2.45) is 11.5 Å². The van der Waals surface area contributed by atoms with E-state index in [0.29, 0.717) is 5.56 Å². The SMILES string of the molecule is NC(=O)CC(NC(=O)C(CCC(=O)O)NC(=O)C(N)CS)C(=O)NC(Cc1c[nH]c2ccccc12)C(=O)O. The first-order chi connectivity index (χ1) is 17.9. The Hall–Kier alpha value is -4.11. The molecule has 2 aromatic rings. The first kappa shape index (κ1) is 30.1. The van der Waals surface area contributed by atoms with Crippen molar-refractivity contribution in [2.75, 3.05) is 5.75 Å². The van der Waals surface area contributed by atoms with Gasteiger partial charge in [0.25, 0.3) is 0 Å². The third-order valence-electron chi connectivity index (χ3n) is 5.57. The molecule has 4 unspecified atom stereocenters. The van der Waals surface area contributed by atoms with Crippen molar-refractivity contribution in [2.45, 2.75) is 49.9 Å². The largest absolute Gasteiger partial charge is 0.481 e. The van der Waals surface area contributed by atoms with Gasteiger partial charge in [-0.1, -0.05) is 18.2 Å². The number of benzene rings is 1. The number of H-pyrrole nitrogens is 1. The van der Waals surface area contributed by atoms with E-state index in [4.69, 9.17) is 16.6 Å². The number of nitrogens with two attached hydrogens (primary N) is 2. The third-order valence-corrected chi connectivity index (χ3v) is 5.96. The van der Waals surface area contributed by atoms with Gasteiger partial charge in [0.2, 0.25) is 23.6 Å². The molecule has 1 heterocycles. The van der Waals surface area contributed by atoms with Crippen LogP contribution in [0.5, 0.6) is 0 Å². The van der Waals surface area contributed by atoms with E-state index in [1.807, 2.05) is 0 Å². The first-order valence-electron chi connectivity index (χ1n) is 11.5. The number of aromatic amines is 1. The van der Waals surface area contributed by atoms with Gasteiger partial charge in [0, 0.05) is 35.7 Å². The third kappa shape index (κ3) is 8.77. The van der Waals surface area contributed by atoms with Gasteiger partial charge in [-0.2, -0.15) is 12.6 Å². The second kappa shape index (κ2) is 14.0. The van der Waals surface area contributed by atoms with Crippen molar-refractivity contribution < 1.29 is 39.0 Å². The highest BCUT2D eigenvalue weighted by molar-refractivity contribution is 7.80. The molecule has 2 rings (SSSR count). The summed E-state index contributed by atoms with van der Waals surface area (Å²) >= 11 is 3.90. The van der Waals surface area contributed by atoms with E-state index >= 15 is 0 Å². The van der Waals surface area contributed by atoms with Crippen molar-refractivity contribution in [3.63, 3.8) is 0 Å². The van der Waals surface area contributed by atoms with Gasteiger partial charge in [-0.15, -0.1) is 0 Å². The molecular weight excluding hydrogens is 520 g/mol. The first-order valence-corrected chi connectivity index (χ1v) is 12.1. The Kier molecular flexibility index (Phi) is 11.1. The van der Waals surface area contributed by atoms with E-state index in [9.17, 15) is 33.9 Å². The fourth-order valence-electron chi connectivity index (χ4n) is 3.57. The van der Waals surface area contributed by atoms with Gasteiger partial charge in [-0.25, -0.2) is 4.79 Å². The van der Waals surface area contributed by atoms with Crippen LogP contribution >= 0.6 is 12.6 Å². The minimum absolute atomic E-state index is 0.0567. The molecule has 38 heavy (non-hydrogen) atoms. The van der Waals surface area contributed by atoms with Crippen LogP contribution in [0.3, 0.4) is 0 Å². The number of hydrogen-bond acceptors (Lipinski definition) is 8. The number of primary amides is 1. The summed E-state index contributed by atoms with van der Waals surface area (Å²) in [7, 11) is 0. The maximum atomic E-state index is 13.0. The summed E-state index contributed by atoms with van der Waals surface area (Å²) in [5.74, 6) is -6.43. The fourth-order valence-corrected chi connectivity index (χ4v) is 3.74. The minimum Gasteiger partial charge on any atom is -0.481 e. The van der Waals surface area contributed by atoms with Crippen molar-refractivity contribution in [1.82, 2.24) is 20.9 Å². The molecule has 0 saturated heterocycles. The zero-order valence-electron chi connectivity index (χ0n) is 20.2. The lowest BCUT2D eigenvalue weighted by molar-refractivity contribution is -0.142. The fraction of sp³-hybridized carbons (Fsp3) is 0.391. The number of carbonyl (C=O) groups excluding carboxylic acids is 4. The Morgan fingerprint density at radius 1 is 0.921 bits per heavy atom. The van der Waals surface area contributed by atoms with Gasteiger partial charge in [0.15, 0.2) is 0 Å². The lowest BCUT2D eigenvalue weighted by Crippen LogP contribution is -2.58. The predicted octanol–water partition coefficient (Wildman–Crippen LogP) is -1.75. The number of carboxylic acids is 2. The average molecular weight is 551 g/mol. The van der Waals surface area contributed by atoms with E-state index in [-0.39, 0.29) is 18.6 Å². The molecule has 0 saturated carbocycles. The second-order valence-electron chi connectivity index (χ2n) is 8.48. The molecule has 0 fully saturated rings. The molecule has 0 aliphatic rings. The normalized spacial score (nSPS) is 14.1. The van der Waals surface area contributed by atoms with Gasteiger partial charge >= 0.3 is 11.9 Å². The van der Waals surface area contributed by atoms with Crippen LogP contribution in [0.1, 0.15) is 24.8 Å². The monoisotopic (exact) mass is 550 g/mol. The number of para-hydroxylation sites is 1. The van der Waals surface area contributed by atoms with Crippen molar-refractivity contribution in [1.29, 1.82) is 0 Å². The summed E-state index contributed by atoms with van der Waals surface area (Å²) in [4.78, 5) is 75.6. The van der Waals surface area contributed by atoms with Crippen LogP contribution in [0.4, 0.5) is 0 Å². The molecular formula is C23H30N6O8S. The van der Waals surface area contributed by atoms with Crippen LogP contribution in [0.15, 0.2) is 30.5 Å². The molecule has 10 N–H and O–H groups in total. The number of nitrogens with one attached hydrogen (secondary N) is 4. The van der Waals surface area contributed by atoms with Crippen LogP contribution in [0.2, 0.25) is 0 Å². The van der Waals surface area contributed by atoms with Gasteiger partial charge in [0.1, 0.15) is 18.1 Å². The quantitative estimate of drug-likeness (QED) is 0.114. The maximum absolute atomic E-state index is 13.0. The Bertz CT molecular complexity index is 1200. The van der Waals surface area contributed by atoms with E-state index < -0.39 is 72.6 Å². The van der Waals surface area contributed by atoms with Crippen molar-refractivity contribution >= 4 is 59.1 Å². The molecule has 15 heteroatoms. The number of aliphatic carboxylic acids is 2. The highest BCUT2D eigenvalue weighted by atomic mass is 32.1. The van der Waals surface area contributed by atoms with Crippen LogP contribution in [-0.4, -0.2) is 80.7 Å². The Balaban J connectivity index is 2.19. The zero-order valence-corrected chi connectivity index (χ0v) is 21.1. The highest BCUT2D eigenvalue weighted by Gasteiger charge is 2.31. The standard InChI is InChI=1S/C23H30N6O8S/c24-13(10-38)20(33)27-15(5-6-19(31)32)21(34)28-16(8-18(25)30)22(35)29-17(23(36)37)7-11-9-26-14-4-2-1-3-12(11)14/h1-4,9,13,15-17,26,38H,5-8,10,24H2,(H2,25,30)(H,27,33)(H,28,34)(H,29,35)(H,31,32)(H,36,37). The van der Waals surface area contributed by atoms with Crippen LogP contribution in [0, 0.1) is 0 Å². The minimum atomic E-state index is -1.60. The van der Waals surface area contributed by atoms with E-state index in [0.717, 1.165) is 10.9 Å². The molecule has 0 spiro atoms. The summed E-state index contributed by atoms with van der Waals surface area (Å²) < 4.78 is 0. The maximum Gasteiger partial charge on any atom is 0.326 e. The molecule has 0 bridgehead atoms. The van der Waals surface area contributed by atoms with Crippen molar-refractivity contribution in [3.8, 4) is 0 Å². The van der Waals surface area contributed by atoms with Gasteiger partial charge in [-0.3, -0.25) is 24.0 Å². The number of carboxylic acid groups (broad SMARTS) is 2. The van der Waals surface area contributed by atoms with Gasteiger partial charge in [0.05, 0.1) is 12.5 Å². The summed E-state index contributed by atoms with van der Waals surface area (Å²) in [5, 5.41) is 26.3. The number of fused-ring (bicyclic) bond motifs is 1. The summed E-state index contributed by atoms with van der Waals surface area (Å²) in [6, 6.07) is 1.61. The molecule has 1 aromatic heterocycles. The molecule has 0 aliphatic carbocycles. The van der Waals surface area contributed by atoms with Crippen LogP contribution in [0.25, 0.3) is 10.9 Å². The molecule has 206 valence electrons.